The van der Waals surface area contributed by atoms with Crippen LogP contribution in [-0.2, 0) is 9.53 Å². The number of pyridine rings is 2. The number of nitrogens with one attached hydrogen (secondary N) is 1. The molecule has 0 spiro atoms. The molecular formula is C25H27N5O4. The highest BCUT2D eigenvalue weighted by atomic mass is 16.6. The second-order valence-electron chi connectivity index (χ2n) is 9.27. The minimum Gasteiger partial charge on any atom is -0.474 e. The number of fused-ring (bicyclic) bond motifs is 2. The monoisotopic (exact) mass is 461 g/mol. The summed E-state index contributed by atoms with van der Waals surface area (Å²) >= 11 is 0. The molecular weight excluding hydrogens is 434 g/mol. The lowest BCUT2D eigenvalue weighted by Crippen LogP contribution is -2.40. The summed E-state index contributed by atoms with van der Waals surface area (Å²) in [7, 11) is 0. The van der Waals surface area contributed by atoms with E-state index in [1.165, 1.54) is 6.42 Å². The van der Waals surface area contributed by atoms with Crippen LogP contribution in [0.3, 0.4) is 0 Å². The molecule has 6 rings (SSSR count). The van der Waals surface area contributed by atoms with Crippen molar-refractivity contribution in [1.29, 1.82) is 0 Å². The number of hydrogen-bond donors (Lipinski definition) is 1. The second-order valence-corrected chi connectivity index (χ2v) is 9.27. The van der Waals surface area contributed by atoms with E-state index < -0.39 is 0 Å². The molecule has 0 atom stereocenters. The first-order valence-electron chi connectivity index (χ1n) is 12.0. The highest BCUT2D eigenvalue weighted by Crippen LogP contribution is 2.35. The average Bonchev–Trinajstić information content (AvgIpc) is 3.64. The lowest BCUT2D eigenvalue weighted by molar-refractivity contribution is -0.117. The maximum atomic E-state index is 13.0. The number of hydrogen-bond acceptors (Lipinski definition) is 6. The summed E-state index contributed by atoms with van der Waals surface area (Å²) in [5.41, 5.74) is 3.11. The molecule has 34 heavy (non-hydrogen) atoms. The van der Waals surface area contributed by atoms with E-state index in [2.05, 4.69) is 15.3 Å². The summed E-state index contributed by atoms with van der Waals surface area (Å²) < 4.78 is 13.4. The van der Waals surface area contributed by atoms with Crippen LogP contribution in [0.2, 0.25) is 0 Å². The predicted molar refractivity (Wildman–Crippen MR) is 126 cm³/mol. The molecule has 0 bridgehead atoms. The molecule has 176 valence electrons. The summed E-state index contributed by atoms with van der Waals surface area (Å²) in [6.07, 6.45) is 12.3. The third-order valence-electron chi connectivity index (χ3n) is 6.70. The molecule has 3 aromatic heterocycles. The van der Waals surface area contributed by atoms with E-state index in [-0.39, 0.29) is 24.0 Å². The standard InChI is InChI=1S/C25H27N5O4/c31-23(16-6-7-16)28-21-15-29-14-17(8-9-22(29)27-21)18-12-20-24(26-13-18)33-11-10-30(20)25(32)34-19-4-2-1-3-5-19/h8-9,12-16,19H,1-7,10-11H2,(H,28,31). The van der Waals surface area contributed by atoms with Gasteiger partial charge in [-0.05, 0) is 56.7 Å². The van der Waals surface area contributed by atoms with Gasteiger partial charge in [-0.25, -0.2) is 14.8 Å². The highest BCUT2D eigenvalue weighted by molar-refractivity contribution is 5.93. The van der Waals surface area contributed by atoms with Gasteiger partial charge in [-0.1, -0.05) is 6.42 Å². The molecule has 0 radical (unpaired) electrons. The number of ether oxygens (including phenoxy) is 2. The Morgan fingerprint density at radius 3 is 2.74 bits per heavy atom. The quantitative estimate of drug-likeness (QED) is 0.618. The number of nitrogens with zero attached hydrogens (tertiary/aromatic N) is 4. The second kappa shape index (κ2) is 8.62. The first-order chi connectivity index (χ1) is 16.6. The lowest BCUT2D eigenvalue weighted by Gasteiger charge is -2.31. The topological polar surface area (TPSA) is 98.1 Å². The molecule has 0 aromatic carbocycles. The van der Waals surface area contributed by atoms with Crippen molar-refractivity contribution in [1.82, 2.24) is 14.4 Å². The zero-order chi connectivity index (χ0) is 23.1. The number of amides is 2. The van der Waals surface area contributed by atoms with Crippen LogP contribution in [-0.4, -0.2) is 45.6 Å². The molecule has 1 aliphatic heterocycles. The van der Waals surface area contributed by atoms with Gasteiger partial charge in [0, 0.05) is 29.4 Å². The Morgan fingerprint density at radius 1 is 1.06 bits per heavy atom. The van der Waals surface area contributed by atoms with E-state index in [0.29, 0.717) is 30.5 Å². The summed E-state index contributed by atoms with van der Waals surface area (Å²) in [4.78, 5) is 35.6. The van der Waals surface area contributed by atoms with Crippen LogP contribution >= 0.6 is 0 Å². The lowest BCUT2D eigenvalue weighted by atomic mass is 9.98. The van der Waals surface area contributed by atoms with Crippen LogP contribution in [0.1, 0.15) is 44.9 Å². The Morgan fingerprint density at radius 2 is 1.91 bits per heavy atom. The van der Waals surface area contributed by atoms with E-state index in [4.69, 9.17) is 9.47 Å². The smallest absolute Gasteiger partial charge is 0.414 e. The molecule has 3 aromatic rings. The van der Waals surface area contributed by atoms with Crippen molar-refractivity contribution in [3.8, 4) is 17.0 Å². The molecule has 2 aliphatic carbocycles. The number of anilines is 2. The van der Waals surface area contributed by atoms with E-state index in [1.54, 1.807) is 11.1 Å². The number of carbonyl (C=O) groups excluding carboxylic acids is 2. The van der Waals surface area contributed by atoms with Crippen molar-refractivity contribution < 1.29 is 19.1 Å². The van der Waals surface area contributed by atoms with Gasteiger partial charge in [0.05, 0.1) is 12.7 Å². The van der Waals surface area contributed by atoms with Gasteiger partial charge in [0.2, 0.25) is 11.8 Å². The van der Waals surface area contributed by atoms with Crippen LogP contribution in [0.5, 0.6) is 5.88 Å². The largest absolute Gasteiger partial charge is 0.474 e. The minimum absolute atomic E-state index is 0.0121. The molecule has 3 aliphatic rings. The first-order valence-corrected chi connectivity index (χ1v) is 12.0. The van der Waals surface area contributed by atoms with Crippen molar-refractivity contribution in [3.05, 3.63) is 36.8 Å². The summed E-state index contributed by atoms with van der Waals surface area (Å²) in [5.74, 6) is 1.13. The van der Waals surface area contributed by atoms with E-state index in [0.717, 1.165) is 55.3 Å². The number of aromatic nitrogens is 3. The van der Waals surface area contributed by atoms with Gasteiger partial charge >= 0.3 is 6.09 Å². The van der Waals surface area contributed by atoms with Crippen molar-refractivity contribution in [2.45, 2.75) is 51.0 Å². The molecule has 0 saturated heterocycles. The van der Waals surface area contributed by atoms with Gasteiger partial charge in [0.15, 0.2) is 5.82 Å². The zero-order valence-electron chi connectivity index (χ0n) is 18.9. The van der Waals surface area contributed by atoms with Crippen molar-refractivity contribution in [2.24, 2.45) is 5.92 Å². The molecule has 1 N–H and O–H groups in total. The Labute approximate surface area is 197 Å². The molecule has 0 unspecified atom stereocenters. The van der Waals surface area contributed by atoms with Crippen LogP contribution in [0.15, 0.2) is 36.8 Å². The molecule has 2 fully saturated rings. The first kappa shape index (κ1) is 20.9. The van der Waals surface area contributed by atoms with Gasteiger partial charge in [-0.2, -0.15) is 0 Å². The minimum atomic E-state index is -0.337. The Bertz CT molecular complexity index is 1250. The van der Waals surface area contributed by atoms with Crippen LogP contribution in [0.4, 0.5) is 16.3 Å². The van der Waals surface area contributed by atoms with Gasteiger partial charge in [0.1, 0.15) is 24.0 Å². The highest BCUT2D eigenvalue weighted by Gasteiger charge is 2.30. The predicted octanol–water partition coefficient (Wildman–Crippen LogP) is 4.41. The third-order valence-corrected chi connectivity index (χ3v) is 6.70. The molecule has 2 amide bonds. The molecule has 2 saturated carbocycles. The van der Waals surface area contributed by atoms with E-state index in [9.17, 15) is 9.59 Å². The molecule has 4 heterocycles. The number of carbonyl (C=O) groups is 2. The molecule has 9 heteroatoms. The van der Waals surface area contributed by atoms with Crippen LogP contribution in [0.25, 0.3) is 16.8 Å². The normalized spacial score (nSPS) is 18.3. The molecule has 9 nitrogen and oxygen atoms in total. The summed E-state index contributed by atoms with van der Waals surface area (Å²) in [5, 5.41) is 2.89. The van der Waals surface area contributed by atoms with Crippen molar-refractivity contribution >= 4 is 29.2 Å². The van der Waals surface area contributed by atoms with Crippen LogP contribution < -0.4 is 15.0 Å². The van der Waals surface area contributed by atoms with Gasteiger partial charge < -0.3 is 19.2 Å². The van der Waals surface area contributed by atoms with Crippen LogP contribution in [0, 0.1) is 5.92 Å². The van der Waals surface area contributed by atoms with E-state index >= 15 is 0 Å². The van der Waals surface area contributed by atoms with Crippen molar-refractivity contribution in [3.63, 3.8) is 0 Å². The van der Waals surface area contributed by atoms with Gasteiger partial charge in [0.25, 0.3) is 0 Å². The fourth-order valence-electron chi connectivity index (χ4n) is 4.63. The SMILES string of the molecule is O=C(Nc1cn2cc(-c3cnc4c(c3)N(C(=O)OC3CCCCC3)CCO4)ccc2n1)C1CC1. The van der Waals surface area contributed by atoms with E-state index in [1.807, 2.05) is 35.0 Å². The fraction of sp³-hybridized carbons (Fsp3) is 0.440. The zero-order valence-corrected chi connectivity index (χ0v) is 18.9. The third kappa shape index (κ3) is 4.18. The maximum Gasteiger partial charge on any atom is 0.414 e. The Kier molecular flexibility index (Phi) is 5.31. The number of imidazole rings is 1. The van der Waals surface area contributed by atoms with Crippen molar-refractivity contribution in [2.75, 3.05) is 23.4 Å². The maximum absolute atomic E-state index is 13.0. The van der Waals surface area contributed by atoms with Gasteiger partial charge in [-0.3, -0.25) is 9.69 Å². The Hall–Kier alpha value is -3.62. The average molecular weight is 462 g/mol. The van der Waals surface area contributed by atoms with Gasteiger partial charge in [-0.15, -0.1) is 0 Å². The number of rotatable bonds is 4. The summed E-state index contributed by atoms with van der Waals surface area (Å²) in [6, 6.07) is 5.76. The Balaban J connectivity index is 1.25. The fourth-order valence-corrected chi connectivity index (χ4v) is 4.63. The summed E-state index contributed by atoms with van der Waals surface area (Å²) in [6.45, 7) is 0.809.